The molecule has 1 atom stereocenters. The molecule has 0 aliphatic carbocycles. The van der Waals surface area contributed by atoms with Gasteiger partial charge in [-0.2, -0.15) is 0 Å². The zero-order valence-electron chi connectivity index (χ0n) is 7.00. The number of nitrogens with zero attached hydrogens (tertiary/aromatic N) is 3. The molecule has 1 aromatic rings. The zero-order valence-corrected chi connectivity index (χ0v) is 8.59. The third-order valence-electron chi connectivity index (χ3n) is 1.82. The molecule has 0 aromatic carbocycles. The van der Waals surface area contributed by atoms with Crippen molar-refractivity contribution < 1.29 is 0 Å². The van der Waals surface area contributed by atoms with Crippen molar-refractivity contribution in [3.05, 3.63) is 10.6 Å². The second-order valence-corrected chi connectivity index (χ2v) is 3.38. The molecule has 0 bridgehead atoms. The lowest BCUT2D eigenvalue weighted by Gasteiger charge is -2.05. The smallest absolute Gasteiger partial charge is 0.217 e. The maximum atomic E-state index is 4.25. The molecule has 1 rings (SSSR count). The van der Waals surface area contributed by atoms with Gasteiger partial charge in [-0.25, -0.2) is 4.98 Å². The number of hydrogen-bond acceptors (Lipinski definition) is 2. The van der Waals surface area contributed by atoms with E-state index in [1.807, 2.05) is 11.7 Å². The van der Waals surface area contributed by atoms with Gasteiger partial charge in [-0.05, 0) is 22.4 Å². The van der Waals surface area contributed by atoms with Crippen molar-refractivity contribution in [2.24, 2.45) is 7.05 Å². The van der Waals surface area contributed by atoms with Gasteiger partial charge in [-0.3, -0.25) is 4.68 Å². The average molecular weight is 218 g/mol. The van der Waals surface area contributed by atoms with Crippen LogP contribution in [0.3, 0.4) is 0 Å². The van der Waals surface area contributed by atoms with Crippen LogP contribution in [-0.2, 0) is 7.05 Å². The first-order valence-electron chi connectivity index (χ1n) is 3.71. The maximum absolute atomic E-state index is 4.25. The predicted octanol–water partition coefficient (Wildman–Crippen LogP) is 2.09. The lowest BCUT2D eigenvalue weighted by molar-refractivity contribution is 0.609. The standard InChI is InChI=1S/C7H12BrN3/c1-4-5(2)6-9-7(8)10-11(6)3/h5H,4H2,1-3H3. The molecule has 0 fully saturated rings. The minimum atomic E-state index is 0.485. The fraction of sp³-hybridized carbons (Fsp3) is 0.714. The topological polar surface area (TPSA) is 30.7 Å². The highest BCUT2D eigenvalue weighted by atomic mass is 79.9. The summed E-state index contributed by atoms with van der Waals surface area (Å²) < 4.78 is 2.49. The van der Waals surface area contributed by atoms with E-state index in [2.05, 4.69) is 39.9 Å². The highest BCUT2D eigenvalue weighted by Crippen LogP contribution is 2.16. The third kappa shape index (κ3) is 1.80. The van der Waals surface area contributed by atoms with E-state index >= 15 is 0 Å². The number of rotatable bonds is 2. The minimum Gasteiger partial charge on any atom is -0.252 e. The van der Waals surface area contributed by atoms with Gasteiger partial charge in [-0.15, -0.1) is 5.10 Å². The van der Waals surface area contributed by atoms with Gasteiger partial charge in [-0.1, -0.05) is 13.8 Å². The Balaban J connectivity index is 2.93. The summed E-state index contributed by atoms with van der Waals surface area (Å²) in [6.45, 7) is 4.30. The van der Waals surface area contributed by atoms with Crippen LogP contribution in [0.15, 0.2) is 4.73 Å². The van der Waals surface area contributed by atoms with Crippen molar-refractivity contribution in [3.63, 3.8) is 0 Å². The van der Waals surface area contributed by atoms with Crippen molar-refractivity contribution in [1.82, 2.24) is 14.8 Å². The molecule has 62 valence electrons. The van der Waals surface area contributed by atoms with Crippen molar-refractivity contribution in [2.45, 2.75) is 26.2 Å². The Morgan fingerprint density at radius 2 is 2.27 bits per heavy atom. The van der Waals surface area contributed by atoms with Gasteiger partial charge in [0.05, 0.1) is 0 Å². The average Bonchev–Trinajstić information content (AvgIpc) is 2.28. The van der Waals surface area contributed by atoms with E-state index in [0.29, 0.717) is 10.7 Å². The predicted molar refractivity (Wildman–Crippen MR) is 47.4 cm³/mol. The van der Waals surface area contributed by atoms with Crippen molar-refractivity contribution in [3.8, 4) is 0 Å². The summed E-state index contributed by atoms with van der Waals surface area (Å²) in [6.07, 6.45) is 1.10. The van der Waals surface area contributed by atoms with Crippen LogP contribution >= 0.6 is 15.9 Å². The molecule has 3 nitrogen and oxygen atoms in total. The van der Waals surface area contributed by atoms with E-state index < -0.39 is 0 Å². The van der Waals surface area contributed by atoms with Gasteiger partial charge in [0.1, 0.15) is 5.82 Å². The molecule has 0 saturated carbocycles. The number of aryl methyl sites for hydroxylation is 1. The molecular formula is C7H12BrN3. The Bertz CT molecular complexity index is 244. The van der Waals surface area contributed by atoms with E-state index in [-0.39, 0.29) is 0 Å². The minimum absolute atomic E-state index is 0.485. The van der Waals surface area contributed by atoms with Crippen LogP contribution in [0, 0.1) is 0 Å². The normalized spacial score (nSPS) is 13.5. The maximum Gasteiger partial charge on any atom is 0.217 e. The van der Waals surface area contributed by atoms with Crippen LogP contribution in [-0.4, -0.2) is 14.8 Å². The number of hydrogen-bond donors (Lipinski definition) is 0. The lowest BCUT2D eigenvalue weighted by Crippen LogP contribution is -2.02. The Labute approximate surface area is 75.0 Å². The summed E-state index contributed by atoms with van der Waals surface area (Å²) in [7, 11) is 1.92. The Morgan fingerprint density at radius 3 is 2.64 bits per heavy atom. The molecular weight excluding hydrogens is 206 g/mol. The molecule has 1 unspecified atom stereocenters. The van der Waals surface area contributed by atoms with E-state index in [9.17, 15) is 0 Å². The van der Waals surface area contributed by atoms with Gasteiger partial charge in [0, 0.05) is 13.0 Å². The fourth-order valence-electron chi connectivity index (χ4n) is 0.976. The van der Waals surface area contributed by atoms with Gasteiger partial charge in [0.25, 0.3) is 0 Å². The van der Waals surface area contributed by atoms with Crippen LogP contribution in [0.2, 0.25) is 0 Å². The Morgan fingerprint density at radius 1 is 1.64 bits per heavy atom. The molecule has 0 spiro atoms. The molecule has 1 aromatic heterocycles. The second-order valence-electron chi connectivity index (χ2n) is 2.67. The fourth-order valence-corrected chi connectivity index (χ4v) is 1.40. The molecule has 1 heterocycles. The molecule has 0 saturated heterocycles. The van der Waals surface area contributed by atoms with E-state index in [1.54, 1.807) is 0 Å². The van der Waals surface area contributed by atoms with Gasteiger partial charge < -0.3 is 0 Å². The lowest BCUT2D eigenvalue weighted by atomic mass is 10.1. The highest BCUT2D eigenvalue weighted by Gasteiger charge is 2.10. The molecule has 4 heteroatoms. The quantitative estimate of drug-likeness (QED) is 0.760. The summed E-state index contributed by atoms with van der Waals surface area (Å²) in [5.41, 5.74) is 0. The molecule has 0 aliphatic rings. The first kappa shape index (κ1) is 8.71. The van der Waals surface area contributed by atoms with E-state index in [1.165, 1.54) is 0 Å². The molecule has 0 radical (unpaired) electrons. The number of aromatic nitrogens is 3. The zero-order chi connectivity index (χ0) is 8.43. The molecule has 0 amide bonds. The van der Waals surface area contributed by atoms with E-state index in [0.717, 1.165) is 12.2 Å². The SMILES string of the molecule is CCC(C)c1nc(Br)nn1C. The van der Waals surface area contributed by atoms with Gasteiger partial charge in [0.2, 0.25) is 4.73 Å². The summed E-state index contributed by atoms with van der Waals surface area (Å²) in [5.74, 6) is 1.53. The van der Waals surface area contributed by atoms with Crippen molar-refractivity contribution >= 4 is 15.9 Å². The summed E-state index contributed by atoms with van der Waals surface area (Å²) in [5, 5.41) is 4.10. The highest BCUT2D eigenvalue weighted by molar-refractivity contribution is 9.10. The van der Waals surface area contributed by atoms with Crippen LogP contribution in [0.4, 0.5) is 0 Å². The van der Waals surface area contributed by atoms with Crippen LogP contribution in [0.25, 0.3) is 0 Å². The molecule has 0 N–H and O–H groups in total. The van der Waals surface area contributed by atoms with Gasteiger partial charge >= 0.3 is 0 Å². The summed E-state index contributed by atoms with van der Waals surface area (Å²) >= 11 is 3.24. The second kappa shape index (κ2) is 3.34. The molecule has 0 aliphatic heterocycles. The van der Waals surface area contributed by atoms with Crippen molar-refractivity contribution in [1.29, 1.82) is 0 Å². The van der Waals surface area contributed by atoms with Crippen molar-refractivity contribution in [2.75, 3.05) is 0 Å². The first-order chi connectivity index (χ1) is 5.15. The monoisotopic (exact) mass is 217 g/mol. The summed E-state index contributed by atoms with van der Waals surface area (Å²) in [4.78, 5) is 4.25. The van der Waals surface area contributed by atoms with Gasteiger partial charge in [0.15, 0.2) is 0 Å². The third-order valence-corrected chi connectivity index (χ3v) is 2.16. The van der Waals surface area contributed by atoms with E-state index in [4.69, 9.17) is 0 Å². The van der Waals surface area contributed by atoms with Crippen LogP contribution < -0.4 is 0 Å². The van der Waals surface area contributed by atoms with Crippen LogP contribution in [0.1, 0.15) is 32.0 Å². The largest absolute Gasteiger partial charge is 0.252 e. The first-order valence-corrected chi connectivity index (χ1v) is 4.51. The Kier molecular flexibility index (Phi) is 2.65. The Hall–Kier alpha value is -0.380. The molecule has 11 heavy (non-hydrogen) atoms. The summed E-state index contributed by atoms with van der Waals surface area (Å²) in [6, 6.07) is 0. The number of halogens is 1. The van der Waals surface area contributed by atoms with Crippen LogP contribution in [0.5, 0.6) is 0 Å².